The molecule has 0 N–H and O–H groups in total. The normalized spacial score (nSPS) is 12.7. The lowest BCUT2D eigenvalue weighted by molar-refractivity contribution is 0.661. The Morgan fingerprint density at radius 3 is 1.58 bits per heavy atom. The van der Waals surface area contributed by atoms with E-state index in [1.807, 2.05) is 42.6 Å². The average molecular weight is 705 g/mol. The summed E-state index contributed by atoms with van der Waals surface area (Å²) in [5, 5.41) is 2.61. The highest BCUT2D eigenvalue weighted by molar-refractivity contribution is 6.02. The molecule has 2 heterocycles. The molecule has 1 aliphatic rings. The Labute approximate surface area is 320 Å². The molecule has 0 amide bonds. The number of aromatic nitrogens is 4. The van der Waals surface area contributed by atoms with E-state index < -0.39 is 0 Å². The Balaban J connectivity index is 0.976. The zero-order valence-corrected chi connectivity index (χ0v) is 30.6. The van der Waals surface area contributed by atoms with E-state index in [2.05, 4.69) is 152 Å². The van der Waals surface area contributed by atoms with Crippen LogP contribution >= 0.6 is 0 Å². The molecule has 0 saturated heterocycles. The topological polar surface area (TPSA) is 51.6 Å². The van der Waals surface area contributed by atoms with E-state index in [0.29, 0.717) is 17.5 Å². The highest BCUT2D eigenvalue weighted by Gasteiger charge is 2.36. The van der Waals surface area contributed by atoms with E-state index in [4.69, 9.17) is 15.0 Å². The molecule has 0 unspecified atom stereocenters. The molecule has 9 aromatic rings. The molecule has 55 heavy (non-hydrogen) atoms. The molecule has 2 aromatic heterocycles. The lowest BCUT2D eigenvalue weighted by Gasteiger charge is -2.22. The van der Waals surface area contributed by atoms with Crippen molar-refractivity contribution >= 4 is 10.8 Å². The first-order valence-electron chi connectivity index (χ1n) is 18.7. The van der Waals surface area contributed by atoms with Crippen LogP contribution in [-0.2, 0) is 5.41 Å². The number of hydrogen-bond acceptors (Lipinski definition) is 4. The second-order valence-electron chi connectivity index (χ2n) is 14.7. The van der Waals surface area contributed by atoms with Crippen molar-refractivity contribution < 1.29 is 0 Å². The minimum Gasteiger partial charge on any atom is -0.264 e. The fourth-order valence-corrected chi connectivity index (χ4v) is 8.07. The first-order valence-corrected chi connectivity index (χ1v) is 18.7. The first kappa shape index (κ1) is 32.6. The molecule has 0 fully saturated rings. The van der Waals surface area contributed by atoms with Crippen molar-refractivity contribution in [2.45, 2.75) is 19.3 Å². The average Bonchev–Trinajstić information content (AvgIpc) is 3.49. The molecule has 0 aliphatic heterocycles. The number of fused-ring (bicyclic) bond motifs is 5. The minimum atomic E-state index is -0.0866. The van der Waals surface area contributed by atoms with Gasteiger partial charge >= 0.3 is 0 Å². The van der Waals surface area contributed by atoms with Gasteiger partial charge in [-0.2, -0.15) is 0 Å². The number of benzene rings is 7. The third-order valence-corrected chi connectivity index (χ3v) is 11.0. The molecule has 4 nitrogen and oxygen atoms in total. The standard InChI is InChI=1S/C51H36N4/c1-51(2)45-28-26-35-10-6-7-16-43(35)47(45)44-27-25-41(31-46(44)51)40-14-8-13-39(30-40)33-17-21-37(22-18-33)49-53-48(36-11-4-3-5-12-36)54-50(55-49)38-23-19-34(20-24-38)42-15-9-29-52-32-42/h3-32H,1-2H3. The van der Waals surface area contributed by atoms with Crippen LogP contribution < -0.4 is 0 Å². The van der Waals surface area contributed by atoms with Crippen molar-refractivity contribution in [3.05, 3.63) is 193 Å². The molecule has 0 spiro atoms. The van der Waals surface area contributed by atoms with Crippen LogP contribution in [0.2, 0.25) is 0 Å². The quantitative estimate of drug-likeness (QED) is 0.173. The van der Waals surface area contributed by atoms with Gasteiger partial charge < -0.3 is 0 Å². The summed E-state index contributed by atoms with van der Waals surface area (Å²) in [6, 6.07) is 60.1. The Bertz CT molecular complexity index is 2860. The van der Waals surface area contributed by atoms with Gasteiger partial charge in [0.1, 0.15) is 0 Å². The smallest absolute Gasteiger partial charge is 0.164 e. The van der Waals surface area contributed by atoms with Gasteiger partial charge in [0.2, 0.25) is 0 Å². The van der Waals surface area contributed by atoms with Gasteiger partial charge in [0.05, 0.1) is 0 Å². The van der Waals surface area contributed by atoms with Gasteiger partial charge in [-0.3, -0.25) is 4.98 Å². The van der Waals surface area contributed by atoms with Gasteiger partial charge in [-0.15, -0.1) is 0 Å². The third kappa shape index (κ3) is 5.80. The molecule has 0 radical (unpaired) electrons. The van der Waals surface area contributed by atoms with Crippen LogP contribution in [0.3, 0.4) is 0 Å². The summed E-state index contributed by atoms with van der Waals surface area (Å²) in [6.07, 6.45) is 3.66. The molecule has 0 saturated carbocycles. The molecule has 4 heteroatoms. The first-order chi connectivity index (χ1) is 27.0. The number of nitrogens with zero attached hydrogens (tertiary/aromatic N) is 4. The van der Waals surface area contributed by atoms with E-state index in [1.54, 1.807) is 6.20 Å². The number of rotatable bonds is 6. The summed E-state index contributed by atoms with van der Waals surface area (Å²) < 4.78 is 0. The highest BCUT2D eigenvalue weighted by Crippen LogP contribution is 2.52. The predicted molar refractivity (Wildman–Crippen MR) is 225 cm³/mol. The molecule has 10 rings (SSSR count). The highest BCUT2D eigenvalue weighted by atomic mass is 15.0. The lowest BCUT2D eigenvalue weighted by Crippen LogP contribution is -2.15. The van der Waals surface area contributed by atoms with Crippen molar-refractivity contribution in [2.24, 2.45) is 0 Å². The summed E-state index contributed by atoms with van der Waals surface area (Å²) in [7, 11) is 0. The summed E-state index contributed by atoms with van der Waals surface area (Å²) in [4.78, 5) is 19.2. The molecule has 0 atom stereocenters. The van der Waals surface area contributed by atoms with E-state index in [0.717, 1.165) is 38.9 Å². The van der Waals surface area contributed by atoms with Crippen molar-refractivity contribution in [1.29, 1.82) is 0 Å². The van der Waals surface area contributed by atoms with Gasteiger partial charge in [-0.1, -0.05) is 166 Å². The maximum absolute atomic E-state index is 5.00. The van der Waals surface area contributed by atoms with Crippen molar-refractivity contribution in [3.63, 3.8) is 0 Å². The lowest BCUT2D eigenvalue weighted by atomic mass is 9.81. The molecular formula is C51H36N4. The Morgan fingerprint density at radius 1 is 0.382 bits per heavy atom. The van der Waals surface area contributed by atoms with E-state index in [9.17, 15) is 0 Å². The largest absolute Gasteiger partial charge is 0.264 e. The Kier molecular flexibility index (Phi) is 7.77. The van der Waals surface area contributed by atoms with Crippen LogP contribution in [0.25, 0.3) is 89.4 Å². The van der Waals surface area contributed by atoms with Gasteiger partial charge in [0, 0.05) is 34.5 Å². The SMILES string of the molecule is CC1(C)c2cc(-c3cccc(-c4ccc(-c5nc(-c6ccccc6)nc(-c6ccc(-c7cccnc7)cc6)n5)cc4)c3)ccc2-c2c1ccc1ccccc21. The maximum atomic E-state index is 5.00. The summed E-state index contributed by atoms with van der Waals surface area (Å²) in [5.74, 6) is 1.91. The molecule has 1 aliphatic carbocycles. The van der Waals surface area contributed by atoms with Crippen LogP contribution in [0.1, 0.15) is 25.0 Å². The number of hydrogen-bond donors (Lipinski definition) is 0. The van der Waals surface area contributed by atoms with Gasteiger partial charge in [-0.25, -0.2) is 15.0 Å². The summed E-state index contributed by atoms with van der Waals surface area (Å²) >= 11 is 0. The zero-order valence-electron chi connectivity index (χ0n) is 30.6. The van der Waals surface area contributed by atoms with Crippen molar-refractivity contribution in [2.75, 3.05) is 0 Å². The van der Waals surface area contributed by atoms with Gasteiger partial charge in [0.25, 0.3) is 0 Å². The van der Waals surface area contributed by atoms with Gasteiger partial charge in [-0.05, 0) is 84.6 Å². The predicted octanol–water partition coefficient (Wildman–Crippen LogP) is 12.7. The van der Waals surface area contributed by atoms with Crippen molar-refractivity contribution in [3.8, 4) is 78.7 Å². The second-order valence-corrected chi connectivity index (χ2v) is 14.7. The maximum Gasteiger partial charge on any atom is 0.164 e. The monoisotopic (exact) mass is 704 g/mol. The second kappa shape index (κ2) is 13.1. The fourth-order valence-electron chi connectivity index (χ4n) is 8.07. The van der Waals surface area contributed by atoms with E-state index >= 15 is 0 Å². The van der Waals surface area contributed by atoms with Crippen molar-refractivity contribution in [1.82, 2.24) is 19.9 Å². The van der Waals surface area contributed by atoms with Crippen LogP contribution in [0, 0.1) is 0 Å². The van der Waals surface area contributed by atoms with Crippen LogP contribution in [0.4, 0.5) is 0 Å². The van der Waals surface area contributed by atoms with Crippen LogP contribution in [0.5, 0.6) is 0 Å². The summed E-state index contributed by atoms with van der Waals surface area (Å²) in [6.45, 7) is 4.71. The van der Waals surface area contributed by atoms with E-state index in [1.165, 1.54) is 44.2 Å². The fraction of sp³-hybridized carbons (Fsp3) is 0.0588. The van der Waals surface area contributed by atoms with E-state index in [-0.39, 0.29) is 5.41 Å². The molecule has 0 bridgehead atoms. The number of pyridine rings is 1. The van der Waals surface area contributed by atoms with Crippen LogP contribution in [0.15, 0.2) is 182 Å². The molecule has 7 aromatic carbocycles. The van der Waals surface area contributed by atoms with Gasteiger partial charge in [0.15, 0.2) is 17.5 Å². The zero-order chi connectivity index (χ0) is 36.9. The molecular weight excluding hydrogens is 669 g/mol. The minimum absolute atomic E-state index is 0.0866. The Morgan fingerprint density at radius 2 is 0.909 bits per heavy atom. The molecule has 260 valence electrons. The summed E-state index contributed by atoms with van der Waals surface area (Å²) in [5.41, 5.74) is 15.1. The Hall–Kier alpha value is -7.04. The third-order valence-electron chi connectivity index (χ3n) is 11.0. The van der Waals surface area contributed by atoms with Crippen LogP contribution in [-0.4, -0.2) is 19.9 Å².